The molecule has 0 aliphatic heterocycles. The number of benzene rings is 1. The van der Waals surface area contributed by atoms with Gasteiger partial charge in [0.15, 0.2) is 0 Å². The number of fused-ring (bicyclic) bond motifs is 1. The van der Waals surface area contributed by atoms with E-state index in [0.717, 1.165) is 37.0 Å². The smallest absolute Gasteiger partial charge is 0.256 e. The molecule has 0 unspecified atom stereocenters. The Morgan fingerprint density at radius 1 is 1.24 bits per heavy atom. The van der Waals surface area contributed by atoms with E-state index in [1.165, 1.54) is 16.2 Å². The van der Waals surface area contributed by atoms with Crippen LogP contribution in [-0.4, -0.2) is 18.4 Å². The van der Waals surface area contributed by atoms with Gasteiger partial charge in [-0.3, -0.25) is 9.59 Å². The van der Waals surface area contributed by atoms with Crippen molar-refractivity contribution in [2.45, 2.75) is 53.4 Å². The standard InChI is InChI=1S/C23H30N2O3S/c1-5-12-28-16-9-6-14(7-10-16)21(27)25-22-19(20(24)26)17-11-8-15(23(2,3)4)13-18(17)29-22/h6-7,9-10,15H,5,8,11-13H2,1-4H3,(H2,24,26)(H,25,27)/t15-/m0/s1. The zero-order chi connectivity index (χ0) is 21.2. The molecular weight excluding hydrogens is 384 g/mol. The number of nitrogens with two attached hydrogens (primary N) is 1. The van der Waals surface area contributed by atoms with E-state index in [0.29, 0.717) is 28.7 Å². The fourth-order valence-electron chi connectivity index (χ4n) is 3.77. The van der Waals surface area contributed by atoms with Gasteiger partial charge in [-0.05, 0) is 66.8 Å². The van der Waals surface area contributed by atoms with E-state index in [9.17, 15) is 9.59 Å². The molecule has 1 atom stereocenters. The predicted octanol–water partition coefficient (Wildman–Crippen LogP) is 5.04. The van der Waals surface area contributed by atoms with E-state index < -0.39 is 5.91 Å². The Kier molecular flexibility index (Phi) is 6.32. The Bertz CT molecular complexity index is 894. The molecule has 1 aromatic carbocycles. The number of hydrogen-bond donors (Lipinski definition) is 2. The van der Waals surface area contributed by atoms with Crippen LogP contribution >= 0.6 is 11.3 Å². The summed E-state index contributed by atoms with van der Waals surface area (Å²) < 4.78 is 5.56. The Labute approximate surface area is 176 Å². The van der Waals surface area contributed by atoms with Gasteiger partial charge in [0.25, 0.3) is 11.8 Å². The second-order valence-electron chi connectivity index (χ2n) is 8.70. The third kappa shape index (κ3) is 4.81. The van der Waals surface area contributed by atoms with Crippen LogP contribution in [0.15, 0.2) is 24.3 Å². The molecule has 5 nitrogen and oxygen atoms in total. The van der Waals surface area contributed by atoms with Crippen LogP contribution in [0, 0.1) is 11.3 Å². The minimum absolute atomic E-state index is 0.208. The molecule has 1 heterocycles. The van der Waals surface area contributed by atoms with E-state index >= 15 is 0 Å². The van der Waals surface area contributed by atoms with Crippen molar-refractivity contribution in [3.05, 3.63) is 45.8 Å². The van der Waals surface area contributed by atoms with Crippen LogP contribution in [0.2, 0.25) is 0 Å². The third-order valence-electron chi connectivity index (χ3n) is 5.55. The molecule has 0 spiro atoms. The van der Waals surface area contributed by atoms with Gasteiger partial charge < -0.3 is 15.8 Å². The highest BCUT2D eigenvalue weighted by Crippen LogP contribution is 2.44. The minimum atomic E-state index is -0.477. The van der Waals surface area contributed by atoms with Crippen molar-refractivity contribution >= 4 is 28.2 Å². The van der Waals surface area contributed by atoms with Crippen molar-refractivity contribution in [2.75, 3.05) is 11.9 Å². The van der Waals surface area contributed by atoms with Crippen LogP contribution in [0.3, 0.4) is 0 Å². The first kappa shape index (κ1) is 21.4. The van der Waals surface area contributed by atoms with Crippen molar-refractivity contribution in [1.82, 2.24) is 0 Å². The second-order valence-corrected chi connectivity index (χ2v) is 9.81. The van der Waals surface area contributed by atoms with Crippen molar-refractivity contribution in [3.63, 3.8) is 0 Å². The Morgan fingerprint density at radius 2 is 1.93 bits per heavy atom. The first-order chi connectivity index (χ1) is 13.7. The molecule has 2 amide bonds. The van der Waals surface area contributed by atoms with E-state index in [-0.39, 0.29) is 11.3 Å². The predicted molar refractivity (Wildman–Crippen MR) is 118 cm³/mol. The molecule has 0 radical (unpaired) electrons. The summed E-state index contributed by atoms with van der Waals surface area (Å²) >= 11 is 1.49. The lowest BCUT2D eigenvalue weighted by molar-refractivity contribution is 0.1000. The summed E-state index contributed by atoms with van der Waals surface area (Å²) in [5.74, 6) is 0.561. The van der Waals surface area contributed by atoms with Gasteiger partial charge in [0.2, 0.25) is 0 Å². The highest BCUT2D eigenvalue weighted by molar-refractivity contribution is 7.17. The van der Waals surface area contributed by atoms with Gasteiger partial charge in [0, 0.05) is 10.4 Å². The molecule has 0 saturated heterocycles. The third-order valence-corrected chi connectivity index (χ3v) is 6.72. The summed E-state index contributed by atoms with van der Waals surface area (Å²) in [7, 11) is 0. The molecule has 1 aliphatic carbocycles. The zero-order valence-electron chi connectivity index (χ0n) is 17.6. The number of amides is 2. The normalized spacial score (nSPS) is 16.2. The highest BCUT2D eigenvalue weighted by atomic mass is 32.1. The van der Waals surface area contributed by atoms with Gasteiger partial charge in [-0.15, -0.1) is 11.3 Å². The molecule has 1 aromatic heterocycles. The maximum absolute atomic E-state index is 12.8. The van der Waals surface area contributed by atoms with Gasteiger partial charge in [-0.1, -0.05) is 27.7 Å². The second kappa shape index (κ2) is 8.57. The van der Waals surface area contributed by atoms with E-state index in [1.54, 1.807) is 24.3 Å². The monoisotopic (exact) mass is 414 g/mol. The number of anilines is 1. The quantitative estimate of drug-likeness (QED) is 0.695. The molecule has 0 fully saturated rings. The molecule has 29 heavy (non-hydrogen) atoms. The summed E-state index contributed by atoms with van der Waals surface area (Å²) in [6.07, 6.45) is 3.70. The fraction of sp³-hybridized carbons (Fsp3) is 0.478. The lowest BCUT2D eigenvalue weighted by atomic mass is 9.72. The first-order valence-corrected chi connectivity index (χ1v) is 11.0. The Morgan fingerprint density at radius 3 is 2.52 bits per heavy atom. The van der Waals surface area contributed by atoms with Gasteiger partial charge in [0.05, 0.1) is 12.2 Å². The van der Waals surface area contributed by atoms with Crippen molar-refractivity contribution in [3.8, 4) is 5.75 Å². The molecule has 3 N–H and O–H groups in total. The number of primary amides is 1. The van der Waals surface area contributed by atoms with Crippen LogP contribution < -0.4 is 15.8 Å². The fourth-order valence-corrected chi connectivity index (χ4v) is 5.10. The SMILES string of the molecule is CCCOc1ccc(C(=O)Nc2sc3c(c2C(N)=O)CC[C@H](C(C)(C)C)C3)cc1. The van der Waals surface area contributed by atoms with Crippen LogP contribution in [0.25, 0.3) is 0 Å². The van der Waals surface area contributed by atoms with Crippen molar-refractivity contribution < 1.29 is 14.3 Å². The molecule has 156 valence electrons. The maximum Gasteiger partial charge on any atom is 0.256 e. The number of hydrogen-bond acceptors (Lipinski definition) is 4. The number of ether oxygens (including phenoxy) is 1. The van der Waals surface area contributed by atoms with Gasteiger partial charge in [-0.25, -0.2) is 0 Å². The maximum atomic E-state index is 12.8. The summed E-state index contributed by atoms with van der Waals surface area (Å²) in [6, 6.07) is 7.03. The summed E-state index contributed by atoms with van der Waals surface area (Å²) in [6.45, 7) is 9.44. The molecule has 6 heteroatoms. The molecule has 2 aromatic rings. The molecular formula is C23H30N2O3S. The molecule has 0 saturated carbocycles. The summed E-state index contributed by atoms with van der Waals surface area (Å²) in [4.78, 5) is 26.1. The number of carbonyl (C=O) groups is 2. The number of carbonyl (C=O) groups excluding carboxylic acids is 2. The number of rotatable bonds is 6. The van der Waals surface area contributed by atoms with Crippen molar-refractivity contribution in [1.29, 1.82) is 0 Å². The molecule has 0 bridgehead atoms. The number of nitrogens with one attached hydrogen (secondary N) is 1. The van der Waals surface area contributed by atoms with E-state index in [4.69, 9.17) is 10.5 Å². The molecule has 1 aliphatic rings. The first-order valence-electron chi connectivity index (χ1n) is 10.2. The topological polar surface area (TPSA) is 81.4 Å². The lowest BCUT2D eigenvalue weighted by Crippen LogP contribution is -2.27. The average Bonchev–Trinajstić information content (AvgIpc) is 3.03. The average molecular weight is 415 g/mol. The summed E-state index contributed by atoms with van der Waals surface area (Å²) in [5.41, 5.74) is 7.90. The van der Waals surface area contributed by atoms with E-state index in [1.807, 2.05) is 6.92 Å². The summed E-state index contributed by atoms with van der Waals surface area (Å²) in [5, 5.41) is 3.48. The van der Waals surface area contributed by atoms with Crippen LogP contribution in [0.1, 0.15) is 71.7 Å². The minimum Gasteiger partial charge on any atom is -0.494 e. The van der Waals surface area contributed by atoms with Crippen LogP contribution in [0.4, 0.5) is 5.00 Å². The Balaban J connectivity index is 1.81. The lowest BCUT2D eigenvalue weighted by Gasteiger charge is -2.33. The number of thiophene rings is 1. The largest absolute Gasteiger partial charge is 0.494 e. The Hall–Kier alpha value is -2.34. The van der Waals surface area contributed by atoms with Crippen LogP contribution in [0.5, 0.6) is 5.75 Å². The van der Waals surface area contributed by atoms with Gasteiger partial charge >= 0.3 is 0 Å². The highest BCUT2D eigenvalue weighted by Gasteiger charge is 2.33. The van der Waals surface area contributed by atoms with Crippen LogP contribution in [-0.2, 0) is 12.8 Å². The van der Waals surface area contributed by atoms with Gasteiger partial charge in [-0.2, -0.15) is 0 Å². The van der Waals surface area contributed by atoms with Crippen molar-refractivity contribution in [2.24, 2.45) is 17.1 Å². The van der Waals surface area contributed by atoms with Gasteiger partial charge in [0.1, 0.15) is 10.8 Å². The zero-order valence-corrected chi connectivity index (χ0v) is 18.4. The molecule has 3 rings (SSSR count). The van der Waals surface area contributed by atoms with E-state index in [2.05, 4.69) is 26.1 Å².